The van der Waals surface area contributed by atoms with Gasteiger partial charge in [-0.2, -0.15) is 5.26 Å². The molecule has 4 nitrogen and oxygen atoms in total. The first-order valence-corrected chi connectivity index (χ1v) is 7.07. The van der Waals surface area contributed by atoms with Crippen LogP contribution < -0.4 is 4.74 Å². The zero-order chi connectivity index (χ0) is 14.4. The second kappa shape index (κ2) is 7.28. The van der Waals surface area contributed by atoms with Crippen LogP contribution in [-0.4, -0.2) is 44.4 Å². The molecule has 1 atom stereocenters. The summed E-state index contributed by atoms with van der Waals surface area (Å²) in [5, 5.41) is 8.73. The van der Waals surface area contributed by atoms with E-state index in [9.17, 15) is 0 Å². The van der Waals surface area contributed by atoms with Gasteiger partial charge < -0.3 is 9.47 Å². The number of hydrogen-bond acceptors (Lipinski definition) is 4. The van der Waals surface area contributed by atoms with Gasteiger partial charge >= 0.3 is 0 Å². The Balaban J connectivity index is 1.90. The van der Waals surface area contributed by atoms with E-state index in [0.717, 1.165) is 31.8 Å². The van der Waals surface area contributed by atoms with Gasteiger partial charge in [0.25, 0.3) is 0 Å². The van der Waals surface area contributed by atoms with Crippen molar-refractivity contribution in [3.63, 3.8) is 0 Å². The van der Waals surface area contributed by atoms with Crippen molar-refractivity contribution in [3.05, 3.63) is 29.3 Å². The molecule has 0 N–H and O–H groups in total. The van der Waals surface area contributed by atoms with Gasteiger partial charge in [-0.3, -0.25) is 4.90 Å². The Hall–Kier alpha value is -1.57. The first-order chi connectivity index (χ1) is 9.72. The molecule has 108 valence electrons. The molecule has 0 aliphatic carbocycles. The Morgan fingerprint density at radius 1 is 1.45 bits per heavy atom. The quantitative estimate of drug-likeness (QED) is 0.764. The maximum Gasteiger partial charge on any atom is 0.123 e. The number of aryl methyl sites for hydroxylation is 1. The minimum absolute atomic E-state index is 0.183. The van der Waals surface area contributed by atoms with E-state index >= 15 is 0 Å². The summed E-state index contributed by atoms with van der Waals surface area (Å²) in [5.41, 5.74) is 2.57. The average Bonchev–Trinajstić information content (AvgIpc) is 2.83. The molecule has 1 aromatic carbocycles. The SMILES string of the molecule is COCCN(CCC#N)CC1Cc2cc(C)ccc2O1. The predicted molar refractivity (Wildman–Crippen MR) is 77.8 cm³/mol. The molecular formula is C16H22N2O2. The van der Waals surface area contributed by atoms with E-state index in [4.69, 9.17) is 14.7 Å². The van der Waals surface area contributed by atoms with Gasteiger partial charge in [0.2, 0.25) is 0 Å². The molecule has 0 aromatic heterocycles. The fourth-order valence-electron chi connectivity index (χ4n) is 2.56. The highest BCUT2D eigenvalue weighted by molar-refractivity contribution is 5.40. The Bertz CT molecular complexity index is 482. The standard InChI is InChI=1S/C16H22N2O2/c1-13-4-5-16-14(10-13)11-15(20-16)12-18(7-3-6-17)8-9-19-2/h4-5,10,15H,3,7-9,11-12H2,1-2H3. The third-order valence-corrected chi connectivity index (χ3v) is 3.57. The molecule has 20 heavy (non-hydrogen) atoms. The largest absolute Gasteiger partial charge is 0.488 e. The molecule has 0 bridgehead atoms. The van der Waals surface area contributed by atoms with Crippen LogP contribution in [0, 0.1) is 18.3 Å². The summed E-state index contributed by atoms with van der Waals surface area (Å²) < 4.78 is 11.1. The van der Waals surface area contributed by atoms with Gasteiger partial charge in [0.05, 0.1) is 12.7 Å². The van der Waals surface area contributed by atoms with E-state index in [1.54, 1.807) is 7.11 Å². The van der Waals surface area contributed by atoms with E-state index in [1.807, 2.05) is 0 Å². The fourth-order valence-corrected chi connectivity index (χ4v) is 2.56. The number of hydrogen-bond donors (Lipinski definition) is 0. The summed E-state index contributed by atoms with van der Waals surface area (Å²) >= 11 is 0. The lowest BCUT2D eigenvalue weighted by molar-refractivity contribution is 0.112. The Kier molecular flexibility index (Phi) is 5.40. The fraction of sp³-hybridized carbons (Fsp3) is 0.562. The van der Waals surface area contributed by atoms with Gasteiger partial charge in [-0.1, -0.05) is 17.7 Å². The third-order valence-electron chi connectivity index (χ3n) is 3.57. The monoisotopic (exact) mass is 274 g/mol. The van der Waals surface area contributed by atoms with Gasteiger partial charge in [-0.25, -0.2) is 0 Å². The number of nitrogens with zero attached hydrogens (tertiary/aromatic N) is 2. The predicted octanol–water partition coefficient (Wildman–Crippen LogP) is 2.16. The minimum Gasteiger partial charge on any atom is -0.488 e. The van der Waals surface area contributed by atoms with Crippen molar-refractivity contribution in [2.24, 2.45) is 0 Å². The van der Waals surface area contributed by atoms with E-state index in [-0.39, 0.29) is 6.10 Å². The maximum atomic E-state index is 8.73. The van der Waals surface area contributed by atoms with E-state index in [1.165, 1.54) is 11.1 Å². The maximum absolute atomic E-state index is 8.73. The summed E-state index contributed by atoms with van der Waals surface area (Å²) in [7, 11) is 1.70. The van der Waals surface area contributed by atoms with Crippen molar-refractivity contribution in [2.45, 2.75) is 25.9 Å². The molecule has 0 saturated heterocycles. The van der Waals surface area contributed by atoms with Crippen molar-refractivity contribution in [3.8, 4) is 11.8 Å². The van der Waals surface area contributed by atoms with Gasteiger partial charge in [-0.15, -0.1) is 0 Å². The Morgan fingerprint density at radius 2 is 2.30 bits per heavy atom. The number of benzene rings is 1. The van der Waals surface area contributed by atoms with Crippen LogP contribution in [-0.2, 0) is 11.2 Å². The number of ether oxygens (including phenoxy) is 2. The molecule has 4 heteroatoms. The number of fused-ring (bicyclic) bond motifs is 1. The Labute approximate surface area is 120 Å². The van der Waals surface area contributed by atoms with Gasteiger partial charge in [-0.05, 0) is 18.6 Å². The average molecular weight is 274 g/mol. The molecule has 1 aliphatic rings. The number of nitriles is 1. The summed E-state index contributed by atoms with van der Waals surface area (Å²) in [6.07, 6.45) is 1.68. The van der Waals surface area contributed by atoms with Crippen molar-refractivity contribution >= 4 is 0 Å². The highest BCUT2D eigenvalue weighted by atomic mass is 16.5. The molecule has 0 radical (unpaired) electrons. The molecule has 0 amide bonds. The third kappa shape index (κ3) is 3.96. The first kappa shape index (κ1) is 14.8. The zero-order valence-electron chi connectivity index (χ0n) is 12.3. The molecule has 1 unspecified atom stereocenters. The van der Waals surface area contributed by atoms with Crippen LogP contribution in [0.3, 0.4) is 0 Å². The minimum atomic E-state index is 0.183. The molecular weight excluding hydrogens is 252 g/mol. The van der Waals surface area contributed by atoms with E-state index < -0.39 is 0 Å². The van der Waals surface area contributed by atoms with Gasteiger partial charge in [0.1, 0.15) is 11.9 Å². The molecule has 1 aliphatic heterocycles. The molecule has 1 aromatic rings. The van der Waals surface area contributed by atoms with Crippen LogP contribution in [0.4, 0.5) is 0 Å². The summed E-state index contributed by atoms with van der Waals surface area (Å²) in [5.74, 6) is 1.01. The van der Waals surface area contributed by atoms with Gasteiger partial charge in [0.15, 0.2) is 0 Å². The zero-order valence-corrected chi connectivity index (χ0v) is 12.3. The molecule has 0 fully saturated rings. The van der Waals surface area contributed by atoms with Crippen molar-refractivity contribution in [2.75, 3.05) is 33.4 Å². The Morgan fingerprint density at radius 3 is 3.05 bits per heavy atom. The second-order valence-corrected chi connectivity index (χ2v) is 5.26. The molecule has 0 saturated carbocycles. The van der Waals surface area contributed by atoms with Crippen molar-refractivity contribution < 1.29 is 9.47 Å². The lowest BCUT2D eigenvalue weighted by atomic mass is 10.1. The normalized spacial score (nSPS) is 16.8. The number of methoxy groups -OCH3 is 1. The lowest BCUT2D eigenvalue weighted by Crippen LogP contribution is -2.37. The van der Waals surface area contributed by atoms with Crippen LogP contribution in [0.5, 0.6) is 5.75 Å². The van der Waals surface area contributed by atoms with E-state index in [2.05, 4.69) is 36.1 Å². The number of rotatable bonds is 7. The van der Waals surface area contributed by atoms with Crippen LogP contribution in [0.2, 0.25) is 0 Å². The molecule has 1 heterocycles. The van der Waals surface area contributed by atoms with Crippen molar-refractivity contribution in [1.29, 1.82) is 5.26 Å². The summed E-state index contributed by atoms with van der Waals surface area (Å²) in [4.78, 5) is 2.25. The highest BCUT2D eigenvalue weighted by Gasteiger charge is 2.24. The first-order valence-electron chi connectivity index (χ1n) is 7.07. The molecule has 2 rings (SSSR count). The van der Waals surface area contributed by atoms with Crippen LogP contribution in [0.1, 0.15) is 17.5 Å². The smallest absolute Gasteiger partial charge is 0.123 e. The van der Waals surface area contributed by atoms with Crippen LogP contribution in [0.15, 0.2) is 18.2 Å². The van der Waals surface area contributed by atoms with Crippen molar-refractivity contribution in [1.82, 2.24) is 4.90 Å². The second-order valence-electron chi connectivity index (χ2n) is 5.26. The van der Waals surface area contributed by atoms with E-state index in [0.29, 0.717) is 13.0 Å². The van der Waals surface area contributed by atoms with Crippen LogP contribution >= 0.6 is 0 Å². The van der Waals surface area contributed by atoms with Gasteiger partial charge in [0, 0.05) is 39.6 Å². The van der Waals surface area contributed by atoms with Crippen LogP contribution in [0.25, 0.3) is 0 Å². The molecule has 0 spiro atoms. The summed E-state index contributed by atoms with van der Waals surface area (Å²) in [6.45, 7) is 5.25. The summed E-state index contributed by atoms with van der Waals surface area (Å²) in [6, 6.07) is 8.54. The lowest BCUT2D eigenvalue weighted by Gasteiger charge is -2.24. The highest BCUT2D eigenvalue weighted by Crippen LogP contribution is 2.29. The topological polar surface area (TPSA) is 45.5 Å².